The number of nitriles is 1. The molecule has 0 unspecified atom stereocenters. The van der Waals surface area contributed by atoms with Crippen LogP contribution in [0, 0.1) is 11.3 Å². The molecule has 0 saturated carbocycles. The lowest BCUT2D eigenvalue weighted by Crippen LogP contribution is -2.06. The van der Waals surface area contributed by atoms with Gasteiger partial charge in [0, 0.05) is 12.6 Å². The number of nitrogens with one attached hydrogen (secondary N) is 1. The third-order valence-electron chi connectivity index (χ3n) is 4.17. The highest BCUT2D eigenvalue weighted by Crippen LogP contribution is 2.23. The normalized spacial score (nSPS) is 11.8. The van der Waals surface area contributed by atoms with Crippen molar-refractivity contribution in [2.75, 3.05) is 7.05 Å². The zero-order chi connectivity index (χ0) is 18.9. The second-order valence-corrected chi connectivity index (χ2v) is 5.88. The van der Waals surface area contributed by atoms with E-state index in [4.69, 9.17) is 0 Å². The van der Waals surface area contributed by atoms with Gasteiger partial charge >= 0.3 is 0 Å². The Bertz CT molecular complexity index is 868. The van der Waals surface area contributed by atoms with Gasteiger partial charge in [0.15, 0.2) is 0 Å². The molecule has 2 rings (SSSR count). The number of aryl methyl sites for hydroxylation is 1. The molecule has 2 aromatic carbocycles. The quantitative estimate of drug-likeness (QED) is 0.406. The summed E-state index contributed by atoms with van der Waals surface area (Å²) in [6.07, 6.45) is 6.62. The van der Waals surface area contributed by atoms with E-state index in [0.717, 1.165) is 28.7 Å². The summed E-state index contributed by atoms with van der Waals surface area (Å²) in [5.74, 6) is 0. The first kappa shape index (κ1) is 19.2. The lowest BCUT2D eigenvalue weighted by atomic mass is 9.97. The second-order valence-electron chi connectivity index (χ2n) is 5.88. The lowest BCUT2D eigenvalue weighted by molar-refractivity contribution is 0.485. The van der Waals surface area contributed by atoms with Crippen molar-refractivity contribution in [3.05, 3.63) is 88.6 Å². The molecule has 0 heterocycles. The van der Waals surface area contributed by atoms with Gasteiger partial charge in [0.05, 0.1) is 0 Å². The zero-order valence-electron chi connectivity index (χ0n) is 15.2. The number of halogens is 1. The molecule has 132 valence electrons. The fourth-order valence-electron chi connectivity index (χ4n) is 2.70. The van der Waals surface area contributed by atoms with E-state index in [2.05, 4.69) is 37.0 Å². The van der Waals surface area contributed by atoms with Gasteiger partial charge in [-0.25, -0.2) is 4.39 Å². The number of hydrogen-bond acceptors (Lipinski definition) is 2. The first-order chi connectivity index (χ1) is 12.6. The van der Waals surface area contributed by atoms with Gasteiger partial charge in [-0.3, -0.25) is 0 Å². The molecule has 2 aromatic rings. The molecule has 0 saturated heterocycles. The predicted molar refractivity (Wildman–Crippen MR) is 108 cm³/mol. The van der Waals surface area contributed by atoms with Gasteiger partial charge in [-0.15, -0.1) is 0 Å². The summed E-state index contributed by atoms with van der Waals surface area (Å²) in [7, 11) is 1.73. The molecule has 1 N–H and O–H groups in total. The van der Waals surface area contributed by atoms with Crippen LogP contribution in [-0.2, 0) is 13.1 Å². The topological polar surface area (TPSA) is 35.8 Å². The van der Waals surface area contributed by atoms with Crippen molar-refractivity contribution in [3.8, 4) is 6.07 Å². The summed E-state index contributed by atoms with van der Waals surface area (Å²) in [4.78, 5) is 0. The molecular formula is C23H23FN2. The summed E-state index contributed by atoms with van der Waals surface area (Å²) in [6, 6.07) is 15.8. The van der Waals surface area contributed by atoms with E-state index < -0.39 is 6.67 Å². The highest BCUT2D eigenvalue weighted by molar-refractivity contribution is 5.81. The van der Waals surface area contributed by atoms with E-state index in [9.17, 15) is 9.65 Å². The third-order valence-corrected chi connectivity index (χ3v) is 4.17. The number of allylic oxidation sites excluding steroid dienone is 3. The maximum Gasteiger partial charge on any atom is 0.121 e. The number of hydrogen-bond donors (Lipinski definition) is 1. The maximum atomic E-state index is 12.6. The molecule has 0 atom stereocenters. The largest absolute Gasteiger partial charge is 0.379 e. The maximum absolute atomic E-state index is 12.6. The van der Waals surface area contributed by atoms with Crippen LogP contribution in [-0.4, -0.2) is 7.05 Å². The fourth-order valence-corrected chi connectivity index (χ4v) is 2.70. The number of benzene rings is 2. The molecule has 0 aromatic heterocycles. The molecule has 0 radical (unpaired) electrons. The van der Waals surface area contributed by atoms with E-state index >= 15 is 0 Å². The van der Waals surface area contributed by atoms with Crippen molar-refractivity contribution in [1.29, 1.82) is 5.26 Å². The Balaban J connectivity index is 2.43. The molecular weight excluding hydrogens is 323 g/mol. The summed E-state index contributed by atoms with van der Waals surface area (Å²) in [5.41, 5.74) is 6.15. The highest BCUT2D eigenvalue weighted by atomic mass is 19.1. The molecule has 0 bridgehead atoms. The number of alkyl halides is 1. The van der Waals surface area contributed by atoms with Crippen molar-refractivity contribution in [3.63, 3.8) is 0 Å². The number of rotatable bonds is 7. The third kappa shape index (κ3) is 4.70. The van der Waals surface area contributed by atoms with Crippen LogP contribution in [0.4, 0.5) is 4.39 Å². The number of nitrogens with zero attached hydrogens (tertiary/aromatic N) is 1. The van der Waals surface area contributed by atoms with Crippen LogP contribution in [0.25, 0.3) is 17.7 Å². The lowest BCUT2D eigenvalue weighted by Gasteiger charge is -2.10. The van der Waals surface area contributed by atoms with E-state index in [1.54, 1.807) is 25.3 Å². The van der Waals surface area contributed by atoms with Gasteiger partial charge in [0.2, 0.25) is 0 Å². The van der Waals surface area contributed by atoms with Gasteiger partial charge in [0.1, 0.15) is 18.4 Å². The van der Waals surface area contributed by atoms with Crippen LogP contribution in [0.1, 0.15) is 34.7 Å². The Morgan fingerprint density at radius 1 is 1.12 bits per heavy atom. The van der Waals surface area contributed by atoms with Crippen LogP contribution in [0.2, 0.25) is 0 Å². The van der Waals surface area contributed by atoms with Gasteiger partial charge in [-0.2, -0.15) is 5.26 Å². The average molecular weight is 346 g/mol. The Kier molecular flexibility index (Phi) is 6.93. The molecule has 0 amide bonds. The first-order valence-electron chi connectivity index (χ1n) is 8.57. The minimum absolute atomic E-state index is 0.449. The fraction of sp³-hybridized carbons (Fsp3) is 0.174. The van der Waals surface area contributed by atoms with Crippen molar-refractivity contribution < 1.29 is 4.39 Å². The molecule has 0 fully saturated rings. The Morgan fingerprint density at radius 2 is 1.81 bits per heavy atom. The molecule has 2 nitrogen and oxygen atoms in total. The SMILES string of the molecule is C=C/C(=C(/C#N)NC)c1cc(/C=C/c2ccc(CF)cc2)cc(CC)c1. The average Bonchev–Trinajstić information content (AvgIpc) is 2.70. The van der Waals surface area contributed by atoms with Crippen molar-refractivity contribution in [1.82, 2.24) is 5.32 Å². The minimum Gasteiger partial charge on any atom is -0.379 e. The summed E-state index contributed by atoms with van der Waals surface area (Å²) >= 11 is 0. The first-order valence-corrected chi connectivity index (χ1v) is 8.57. The van der Waals surface area contributed by atoms with Crippen molar-refractivity contribution in [2.45, 2.75) is 20.0 Å². The second kappa shape index (κ2) is 9.39. The minimum atomic E-state index is -0.449. The Hall–Kier alpha value is -3.12. The van der Waals surface area contributed by atoms with E-state index in [1.165, 1.54) is 5.56 Å². The van der Waals surface area contributed by atoms with Gasteiger partial charge in [-0.1, -0.05) is 68.1 Å². The van der Waals surface area contributed by atoms with Crippen molar-refractivity contribution in [2.24, 2.45) is 0 Å². The standard InChI is InChI=1S/C23H23FN2/c1-4-17-12-20(11-8-18-6-9-19(15-24)10-7-18)14-21(13-17)22(5-2)23(16-25)26-3/h5-14,26H,2,4,15H2,1,3H3/b11-8+,23-22+. The molecule has 3 heteroatoms. The van der Waals surface area contributed by atoms with Crippen molar-refractivity contribution >= 4 is 17.7 Å². The Morgan fingerprint density at radius 3 is 2.35 bits per heavy atom. The molecule has 0 aliphatic rings. The summed E-state index contributed by atoms with van der Waals surface area (Å²) in [5, 5.41) is 12.2. The zero-order valence-corrected chi connectivity index (χ0v) is 15.2. The smallest absolute Gasteiger partial charge is 0.121 e. The van der Waals surface area contributed by atoms with Crippen LogP contribution >= 0.6 is 0 Å². The highest BCUT2D eigenvalue weighted by Gasteiger charge is 2.07. The summed E-state index contributed by atoms with van der Waals surface area (Å²) < 4.78 is 12.6. The van der Waals surface area contributed by atoms with Crippen LogP contribution in [0.5, 0.6) is 0 Å². The molecule has 26 heavy (non-hydrogen) atoms. The van der Waals surface area contributed by atoms with Crippen LogP contribution in [0.3, 0.4) is 0 Å². The van der Waals surface area contributed by atoms with Crippen LogP contribution < -0.4 is 5.32 Å². The Labute approximate surface area is 155 Å². The summed E-state index contributed by atoms with van der Waals surface area (Å²) in [6.45, 7) is 5.50. The van der Waals surface area contributed by atoms with E-state index in [0.29, 0.717) is 11.3 Å². The predicted octanol–water partition coefficient (Wildman–Crippen LogP) is 5.53. The molecule has 0 spiro atoms. The van der Waals surface area contributed by atoms with Crippen LogP contribution in [0.15, 0.2) is 60.8 Å². The van der Waals surface area contributed by atoms with Gasteiger partial charge in [-0.05, 0) is 40.3 Å². The van der Waals surface area contributed by atoms with E-state index in [-0.39, 0.29) is 0 Å². The van der Waals surface area contributed by atoms with E-state index in [1.807, 2.05) is 30.4 Å². The van der Waals surface area contributed by atoms with Gasteiger partial charge in [0.25, 0.3) is 0 Å². The monoisotopic (exact) mass is 346 g/mol. The molecule has 0 aliphatic carbocycles. The molecule has 0 aliphatic heterocycles. The van der Waals surface area contributed by atoms with Gasteiger partial charge < -0.3 is 5.32 Å².